The summed E-state index contributed by atoms with van der Waals surface area (Å²) < 4.78 is 10.7. The van der Waals surface area contributed by atoms with E-state index < -0.39 is 0 Å². The molecule has 2 rings (SSSR count). The van der Waals surface area contributed by atoms with Crippen molar-refractivity contribution < 1.29 is 9.47 Å². The molecule has 1 N–H and O–H groups in total. The molecule has 0 saturated carbocycles. The van der Waals surface area contributed by atoms with Crippen LogP contribution in [0.3, 0.4) is 0 Å². The number of nitrogens with zero attached hydrogens (tertiary/aromatic N) is 1. The molecule has 1 aromatic carbocycles. The molecular weight excluding hydrogens is 252 g/mol. The van der Waals surface area contributed by atoms with Crippen molar-refractivity contribution in [2.24, 2.45) is 0 Å². The average molecular weight is 278 g/mol. The summed E-state index contributed by atoms with van der Waals surface area (Å²) in [7, 11) is 3.35. The molecule has 2 atom stereocenters. The van der Waals surface area contributed by atoms with Crippen LogP contribution in [0.1, 0.15) is 26.7 Å². The number of benzene rings is 1. The quantitative estimate of drug-likeness (QED) is 0.921. The van der Waals surface area contributed by atoms with Crippen LogP contribution in [0.15, 0.2) is 18.2 Å². The molecule has 4 heteroatoms. The van der Waals surface area contributed by atoms with Crippen LogP contribution < -0.4 is 19.7 Å². The van der Waals surface area contributed by atoms with Crippen molar-refractivity contribution in [2.45, 2.75) is 38.8 Å². The van der Waals surface area contributed by atoms with Crippen LogP contribution in [0.5, 0.6) is 11.5 Å². The fourth-order valence-electron chi connectivity index (χ4n) is 2.74. The summed E-state index contributed by atoms with van der Waals surface area (Å²) in [5.41, 5.74) is 1.21. The van der Waals surface area contributed by atoms with Gasteiger partial charge in [0.1, 0.15) is 0 Å². The second-order valence-corrected chi connectivity index (χ2v) is 5.57. The molecule has 1 saturated heterocycles. The van der Waals surface area contributed by atoms with E-state index in [1.807, 2.05) is 6.07 Å². The monoisotopic (exact) mass is 278 g/mol. The summed E-state index contributed by atoms with van der Waals surface area (Å²) in [4.78, 5) is 2.44. The molecule has 1 aliphatic heterocycles. The first-order valence-corrected chi connectivity index (χ1v) is 7.37. The number of rotatable bonds is 3. The third-order valence-corrected chi connectivity index (χ3v) is 3.97. The lowest BCUT2D eigenvalue weighted by Crippen LogP contribution is -2.43. The van der Waals surface area contributed by atoms with Crippen molar-refractivity contribution in [1.29, 1.82) is 0 Å². The maximum atomic E-state index is 5.40. The number of ether oxygens (including phenoxy) is 2. The van der Waals surface area contributed by atoms with Crippen molar-refractivity contribution >= 4 is 5.69 Å². The topological polar surface area (TPSA) is 33.7 Å². The summed E-state index contributed by atoms with van der Waals surface area (Å²) in [6.45, 7) is 6.65. The molecule has 0 radical (unpaired) electrons. The lowest BCUT2D eigenvalue weighted by atomic mass is 10.1. The van der Waals surface area contributed by atoms with E-state index in [9.17, 15) is 0 Å². The Morgan fingerprint density at radius 1 is 1.00 bits per heavy atom. The van der Waals surface area contributed by atoms with Crippen LogP contribution in [0.25, 0.3) is 0 Å². The van der Waals surface area contributed by atoms with E-state index in [4.69, 9.17) is 9.47 Å². The number of hydrogen-bond donors (Lipinski definition) is 1. The third kappa shape index (κ3) is 3.57. The van der Waals surface area contributed by atoms with Crippen LogP contribution in [0.2, 0.25) is 0 Å². The summed E-state index contributed by atoms with van der Waals surface area (Å²) in [5.74, 6) is 1.58. The molecule has 0 spiro atoms. The maximum Gasteiger partial charge on any atom is 0.162 e. The van der Waals surface area contributed by atoms with Crippen molar-refractivity contribution in [3.63, 3.8) is 0 Å². The van der Waals surface area contributed by atoms with Crippen LogP contribution in [0, 0.1) is 0 Å². The highest BCUT2D eigenvalue weighted by molar-refractivity contribution is 5.56. The molecule has 0 amide bonds. The van der Waals surface area contributed by atoms with Gasteiger partial charge in [-0.25, -0.2) is 0 Å². The fraction of sp³-hybridized carbons (Fsp3) is 0.625. The zero-order chi connectivity index (χ0) is 14.5. The Labute approximate surface area is 122 Å². The van der Waals surface area contributed by atoms with Gasteiger partial charge in [-0.1, -0.05) is 0 Å². The molecule has 20 heavy (non-hydrogen) atoms. The van der Waals surface area contributed by atoms with Crippen LogP contribution in [0.4, 0.5) is 5.69 Å². The zero-order valence-corrected chi connectivity index (χ0v) is 13.0. The highest BCUT2D eigenvalue weighted by atomic mass is 16.5. The molecule has 1 heterocycles. The van der Waals surface area contributed by atoms with E-state index in [1.165, 1.54) is 5.69 Å². The Bertz CT molecular complexity index is 424. The van der Waals surface area contributed by atoms with Crippen LogP contribution in [-0.2, 0) is 0 Å². The van der Waals surface area contributed by atoms with Gasteiger partial charge in [0.05, 0.1) is 14.2 Å². The van der Waals surface area contributed by atoms with E-state index in [0.717, 1.165) is 37.4 Å². The molecule has 0 aromatic heterocycles. The van der Waals surface area contributed by atoms with E-state index in [0.29, 0.717) is 12.1 Å². The van der Waals surface area contributed by atoms with E-state index in [2.05, 4.69) is 36.2 Å². The zero-order valence-electron chi connectivity index (χ0n) is 13.0. The largest absolute Gasteiger partial charge is 0.493 e. The van der Waals surface area contributed by atoms with Gasteiger partial charge < -0.3 is 19.7 Å². The molecule has 1 aromatic rings. The van der Waals surface area contributed by atoms with Gasteiger partial charge in [-0.2, -0.15) is 0 Å². The number of nitrogens with one attached hydrogen (secondary N) is 1. The lowest BCUT2D eigenvalue weighted by Gasteiger charge is -2.32. The van der Waals surface area contributed by atoms with E-state index in [1.54, 1.807) is 14.2 Å². The summed E-state index contributed by atoms with van der Waals surface area (Å²) >= 11 is 0. The predicted molar refractivity (Wildman–Crippen MR) is 83.1 cm³/mol. The molecule has 4 nitrogen and oxygen atoms in total. The van der Waals surface area contributed by atoms with E-state index in [-0.39, 0.29) is 0 Å². The van der Waals surface area contributed by atoms with Crippen LogP contribution in [-0.4, -0.2) is 39.4 Å². The van der Waals surface area contributed by atoms with Gasteiger partial charge in [-0.3, -0.25) is 0 Å². The molecule has 0 aliphatic carbocycles. The average Bonchev–Trinajstić information content (AvgIpc) is 2.44. The minimum atomic E-state index is 0.563. The molecule has 1 aliphatic rings. The SMILES string of the molecule is COc1ccc(N2CCC(C)NC(C)CC2)cc1OC. The van der Waals surface area contributed by atoms with Gasteiger partial charge in [0, 0.05) is 36.9 Å². The van der Waals surface area contributed by atoms with Crippen LogP contribution >= 0.6 is 0 Å². The number of hydrogen-bond acceptors (Lipinski definition) is 4. The summed E-state index contributed by atoms with van der Waals surface area (Å²) in [6, 6.07) is 7.30. The summed E-state index contributed by atoms with van der Waals surface area (Å²) in [6.07, 6.45) is 2.30. The fourth-order valence-corrected chi connectivity index (χ4v) is 2.74. The first-order valence-electron chi connectivity index (χ1n) is 7.37. The maximum absolute atomic E-state index is 5.40. The standard InChI is InChI=1S/C16H26N2O2/c1-12-7-9-18(10-8-13(2)17-12)14-5-6-15(19-3)16(11-14)20-4/h5-6,11-13,17H,7-10H2,1-4H3. The highest BCUT2D eigenvalue weighted by Gasteiger charge is 2.17. The first kappa shape index (κ1) is 15.0. The molecule has 1 fully saturated rings. The molecule has 0 bridgehead atoms. The Morgan fingerprint density at radius 3 is 2.15 bits per heavy atom. The molecule has 2 unspecified atom stereocenters. The first-order chi connectivity index (χ1) is 9.63. The van der Waals surface area contributed by atoms with Crippen molar-refractivity contribution in [3.05, 3.63) is 18.2 Å². The second kappa shape index (κ2) is 6.84. The molecule has 112 valence electrons. The summed E-state index contributed by atoms with van der Waals surface area (Å²) in [5, 5.41) is 3.62. The second-order valence-electron chi connectivity index (χ2n) is 5.57. The Kier molecular flexibility index (Phi) is 5.12. The van der Waals surface area contributed by atoms with Gasteiger partial charge in [0.2, 0.25) is 0 Å². The molecular formula is C16H26N2O2. The van der Waals surface area contributed by atoms with E-state index >= 15 is 0 Å². The Morgan fingerprint density at radius 2 is 1.60 bits per heavy atom. The lowest BCUT2D eigenvalue weighted by molar-refractivity contribution is 0.354. The van der Waals surface area contributed by atoms with Crippen molar-refractivity contribution in [3.8, 4) is 11.5 Å². The highest BCUT2D eigenvalue weighted by Crippen LogP contribution is 2.32. The van der Waals surface area contributed by atoms with Gasteiger partial charge in [0.25, 0.3) is 0 Å². The third-order valence-electron chi connectivity index (χ3n) is 3.97. The van der Waals surface area contributed by atoms with Gasteiger partial charge in [-0.05, 0) is 38.8 Å². The van der Waals surface area contributed by atoms with Crippen molar-refractivity contribution in [1.82, 2.24) is 5.32 Å². The van der Waals surface area contributed by atoms with Gasteiger partial charge in [0.15, 0.2) is 11.5 Å². The number of anilines is 1. The smallest absolute Gasteiger partial charge is 0.162 e. The van der Waals surface area contributed by atoms with Gasteiger partial charge in [-0.15, -0.1) is 0 Å². The van der Waals surface area contributed by atoms with Crippen molar-refractivity contribution in [2.75, 3.05) is 32.2 Å². The Balaban J connectivity index is 2.16. The Hall–Kier alpha value is -1.42. The minimum absolute atomic E-state index is 0.563. The minimum Gasteiger partial charge on any atom is -0.493 e. The predicted octanol–water partition coefficient (Wildman–Crippen LogP) is 2.67. The normalized spacial score (nSPS) is 23.9. The number of methoxy groups -OCH3 is 2. The van der Waals surface area contributed by atoms with Gasteiger partial charge >= 0.3 is 0 Å².